The molecule has 1 unspecified atom stereocenters. The number of nitrogens with one attached hydrogen (secondary N) is 2. The molecule has 0 aliphatic heterocycles. The van der Waals surface area contributed by atoms with E-state index >= 15 is 0 Å². The summed E-state index contributed by atoms with van der Waals surface area (Å²) in [4.78, 5) is 4.23. The number of guanidine groups is 1. The third kappa shape index (κ3) is 6.40. The van der Waals surface area contributed by atoms with Gasteiger partial charge in [-0.15, -0.1) is 0 Å². The van der Waals surface area contributed by atoms with E-state index in [4.69, 9.17) is 9.47 Å². The predicted octanol–water partition coefficient (Wildman–Crippen LogP) is 3.10. The number of ether oxygens (including phenoxy) is 2. The van der Waals surface area contributed by atoms with E-state index in [-0.39, 0.29) is 6.04 Å². The summed E-state index contributed by atoms with van der Waals surface area (Å²) in [6.07, 6.45) is 6.70. The molecule has 1 aromatic carbocycles. The molecular formula is C19H31N3O2. The molecule has 1 aromatic rings. The SMILES string of the molecule is CN=C(NCc1ccc(OC2CCCCC2)cc1)NC(C)COC. The van der Waals surface area contributed by atoms with Crippen molar-refractivity contribution in [3.05, 3.63) is 29.8 Å². The minimum Gasteiger partial charge on any atom is -0.490 e. The Morgan fingerprint density at radius 1 is 1.21 bits per heavy atom. The molecule has 0 radical (unpaired) electrons. The van der Waals surface area contributed by atoms with Crippen molar-refractivity contribution in [1.29, 1.82) is 0 Å². The fraction of sp³-hybridized carbons (Fsp3) is 0.632. The van der Waals surface area contributed by atoms with Crippen LogP contribution in [0.1, 0.15) is 44.6 Å². The largest absolute Gasteiger partial charge is 0.490 e. The number of benzene rings is 1. The number of hydrogen-bond acceptors (Lipinski definition) is 3. The molecule has 1 aliphatic rings. The van der Waals surface area contributed by atoms with Crippen molar-refractivity contribution in [3.8, 4) is 5.75 Å². The second-order valence-corrected chi connectivity index (χ2v) is 6.45. The highest BCUT2D eigenvalue weighted by Crippen LogP contribution is 2.23. The second kappa shape index (κ2) is 10.2. The van der Waals surface area contributed by atoms with Crippen LogP contribution in [0, 0.1) is 0 Å². The Hall–Kier alpha value is -1.75. The normalized spacial score (nSPS) is 17.4. The second-order valence-electron chi connectivity index (χ2n) is 6.45. The molecule has 0 saturated heterocycles. The first-order chi connectivity index (χ1) is 11.7. The Bertz CT molecular complexity index is 496. The van der Waals surface area contributed by atoms with Gasteiger partial charge in [0.1, 0.15) is 5.75 Å². The van der Waals surface area contributed by atoms with Crippen molar-refractivity contribution in [2.24, 2.45) is 4.99 Å². The first-order valence-corrected chi connectivity index (χ1v) is 8.93. The molecule has 5 heteroatoms. The van der Waals surface area contributed by atoms with Crippen LogP contribution in [0.3, 0.4) is 0 Å². The van der Waals surface area contributed by atoms with Gasteiger partial charge in [0.2, 0.25) is 0 Å². The Labute approximate surface area is 145 Å². The quantitative estimate of drug-likeness (QED) is 0.595. The topological polar surface area (TPSA) is 54.9 Å². The maximum absolute atomic E-state index is 6.07. The number of methoxy groups -OCH3 is 1. The molecule has 2 N–H and O–H groups in total. The zero-order chi connectivity index (χ0) is 17.2. The summed E-state index contributed by atoms with van der Waals surface area (Å²) in [6.45, 7) is 3.44. The van der Waals surface area contributed by atoms with Crippen molar-refractivity contribution in [2.45, 2.75) is 57.7 Å². The van der Waals surface area contributed by atoms with Crippen LogP contribution >= 0.6 is 0 Å². The number of rotatable bonds is 7. The first kappa shape index (κ1) is 18.6. The maximum Gasteiger partial charge on any atom is 0.191 e. The fourth-order valence-electron chi connectivity index (χ4n) is 2.97. The van der Waals surface area contributed by atoms with Gasteiger partial charge in [0.05, 0.1) is 12.7 Å². The van der Waals surface area contributed by atoms with Crippen molar-refractivity contribution < 1.29 is 9.47 Å². The van der Waals surface area contributed by atoms with Gasteiger partial charge in [-0.25, -0.2) is 0 Å². The third-order valence-corrected chi connectivity index (χ3v) is 4.26. The standard InChI is InChI=1S/C19H31N3O2/c1-15(14-23-3)22-19(20-2)21-13-16-9-11-18(12-10-16)24-17-7-5-4-6-8-17/h9-12,15,17H,4-8,13-14H2,1-3H3,(H2,20,21,22). The van der Waals surface area contributed by atoms with E-state index in [0.717, 1.165) is 18.3 Å². The Kier molecular flexibility index (Phi) is 7.89. The van der Waals surface area contributed by atoms with Crippen LogP contribution in [0.15, 0.2) is 29.3 Å². The van der Waals surface area contributed by atoms with E-state index in [0.29, 0.717) is 12.7 Å². The summed E-state index contributed by atoms with van der Waals surface area (Å²) in [5.74, 6) is 1.75. The average Bonchev–Trinajstić information content (AvgIpc) is 2.61. The van der Waals surface area contributed by atoms with Gasteiger partial charge < -0.3 is 20.1 Å². The summed E-state index contributed by atoms with van der Waals surface area (Å²) in [5.41, 5.74) is 1.20. The molecular weight excluding hydrogens is 302 g/mol. The molecule has 134 valence electrons. The minimum atomic E-state index is 0.215. The van der Waals surface area contributed by atoms with Crippen LogP contribution in [0.4, 0.5) is 0 Å². The Balaban J connectivity index is 1.78. The van der Waals surface area contributed by atoms with E-state index in [1.54, 1.807) is 14.2 Å². The highest BCUT2D eigenvalue weighted by Gasteiger charge is 2.14. The summed E-state index contributed by atoms with van der Waals surface area (Å²) in [7, 11) is 3.47. The summed E-state index contributed by atoms with van der Waals surface area (Å²) in [5, 5.41) is 6.61. The lowest BCUT2D eigenvalue weighted by molar-refractivity contribution is 0.155. The number of hydrogen-bond donors (Lipinski definition) is 2. The fourth-order valence-corrected chi connectivity index (χ4v) is 2.97. The zero-order valence-electron chi connectivity index (χ0n) is 15.2. The molecule has 1 fully saturated rings. The molecule has 0 spiro atoms. The lowest BCUT2D eigenvalue weighted by Crippen LogP contribution is -2.43. The predicted molar refractivity (Wildman–Crippen MR) is 98.6 cm³/mol. The van der Waals surface area contributed by atoms with Crippen LogP contribution in [0.5, 0.6) is 5.75 Å². The molecule has 1 atom stereocenters. The van der Waals surface area contributed by atoms with Gasteiger partial charge >= 0.3 is 0 Å². The zero-order valence-corrected chi connectivity index (χ0v) is 15.2. The van der Waals surface area contributed by atoms with E-state index < -0.39 is 0 Å². The highest BCUT2D eigenvalue weighted by molar-refractivity contribution is 5.79. The Morgan fingerprint density at radius 3 is 2.54 bits per heavy atom. The smallest absolute Gasteiger partial charge is 0.191 e. The number of aliphatic imine (C=N–C) groups is 1. The van der Waals surface area contributed by atoms with Crippen LogP contribution in [0.25, 0.3) is 0 Å². The molecule has 1 aliphatic carbocycles. The van der Waals surface area contributed by atoms with Gasteiger partial charge in [-0.2, -0.15) is 0 Å². The molecule has 0 bridgehead atoms. The van der Waals surface area contributed by atoms with Gasteiger partial charge in [-0.05, 0) is 50.3 Å². The average molecular weight is 333 g/mol. The van der Waals surface area contributed by atoms with Gasteiger partial charge in [-0.1, -0.05) is 18.6 Å². The lowest BCUT2D eigenvalue weighted by Gasteiger charge is -2.23. The molecule has 5 nitrogen and oxygen atoms in total. The van der Waals surface area contributed by atoms with Crippen molar-refractivity contribution >= 4 is 5.96 Å². The van der Waals surface area contributed by atoms with Crippen molar-refractivity contribution in [1.82, 2.24) is 10.6 Å². The Morgan fingerprint density at radius 2 is 1.92 bits per heavy atom. The maximum atomic E-state index is 6.07. The van der Waals surface area contributed by atoms with E-state index in [1.165, 1.54) is 37.7 Å². The molecule has 0 amide bonds. The monoisotopic (exact) mass is 333 g/mol. The molecule has 0 heterocycles. The van der Waals surface area contributed by atoms with Crippen molar-refractivity contribution in [2.75, 3.05) is 20.8 Å². The van der Waals surface area contributed by atoms with Gasteiger partial charge in [0.25, 0.3) is 0 Å². The first-order valence-electron chi connectivity index (χ1n) is 8.93. The van der Waals surface area contributed by atoms with Crippen LogP contribution in [-0.2, 0) is 11.3 Å². The highest BCUT2D eigenvalue weighted by atomic mass is 16.5. The molecule has 2 rings (SSSR count). The van der Waals surface area contributed by atoms with Gasteiger partial charge in [-0.3, -0.25) is 4.99 Å². The number of nitrogens with zero attached hydrogens (tertiary/aromatic N) is 1. The van der Waals surface area contributed by atoms with Crippen LogP contribution < -0.4 is 15.4 Å². The summed E-state index contributed by atoms with van der Waals surface area (Å²) in [6, 6.07) is 8.56. The van der Waals surface area contributed by atoms with E-state index in [1.807, 2.05) is 0 Å². The van der Waals surface area contributed by atoms with E-state index in [9.17, 15) is 0 Å². The third-order valence-electron chi connectivity index (χ3n) is 4.26. The van der Waals surface area contributed by atoms with Crippen LogP contribution in [-0.4, -0.2) is 38.9 Å². The van der Waals surface area contributed by atoms with Gasteiger partial charge in [0, 0.05) is 26.7 Å². The summed E-state index contributed by atoms with van der Waals surface area (Å²) >= 11 is 0. The molecule has 0 aromatic heterocycles. The lowest BCUT2D eigenvalue weighted by atomic mass is 9.98. The van der Waals surface area contributed by atoms with Crippen LogP contribution in [0.2, 0.25) is 0 Å². The van der Waals surface area contributed by atoms with Crippen molar-refractivity contribution in [3.63, 3.8) is 0 Å². The molecule has 24 heavy (non-hydrogen) atoms. The molecule has 1 saturated carbocycles. The van der Waals surface area contributed by atoms with E-state index in [2.05, 4.69) is 46.8 Å². The van der Waals surface area contributed by atoms with Gasteiger partial charge in [0.15, 0.2) is 5.96 Å². The minimum absolute atomic E-state index is 0.215. The summed E-state index contributed by atoms with van der Waals surface area (Å²) < 4.78 is 11.2.